The van der Waals surface area contributed by atoms with E-state index in [1.165, 1.54) is 36.4 Å². The summed E-state index contributed by atoms with van der Waals surface area (Å²) in [5.41, 5.74) is -0.884. The standard InChI is InChI=1S/C18H11NO6S/c20-17-8-5-12-9-13(6-7-16(12)24-17)26(22,23)19-14-10-11-3-1-2-4-15(11)25-18(14)21/h1-10,19H. The number of sulfonamides is 1. The first-order valence-corrected chi connectivity index (χ1v) is 9.00. The van der Waals surface area contributed by atoms with Crippen LogP contribution in [-0.4, -0.2) is 8.42 Å². The Hall–Kier alpha value is -3.39. The topological polar surface area (TPSA) is 107 Å². The van der Waals surface area contributed by atoms with Crippen molar-refractivity contribution in [2.75, 3.05) is 4.72 Å². The van der Waals surface area contributed by atoms with Gasteiger partial charge in [0.1, 0.15) is 16.9 Å². The molecule has 0 amide bonds. The molecule has 4 aromatic rings. The Balaban J connectivity index is 1.78. The van der Waals surface area contributed by atoms with E-state index in [1.807, 2.05) is 0 Å². The molecule has 26 heavy (non-hydrogen) atoms. The first-order chi connectivity index (χ1) is 12.4. The van der Waals surface area contributed by atoms with Gasteiger partial charge in [0.05, 0.1) is 4.90 Å². The van der Waals surface area contributed by atoms with Crippen molar-refractivity contribution in [3.8, 4) is 0 Å². The molecule has 1 N–H and O–H groups in total. The molecule has 0 aliphatic carbocycles. The van der Waals surface area contributed by atoms with Gasteiger partial charge in [0.15, 0.2) is 0 Å². The van der Waals surface area contributed by atoms with Crippen molar-refractivity contribution in [1.29, 1.82) is 0 Å². The van der Waals surface area contributed by atoms with E-state index in [0.29, 0.717) is 16.4 Å². The summed E-state index contributed by atoms with van der Waals surface area (Å²) in [7, 11) is -4.04. The lowest BCUT2D eigenvalue weighted by atomic mass is 10.2. The zero-order valence-corrected chi connectivity index (χ0v) is 13.9. The van der Waals surface area contributed by atoms with E-state index >= 15 is 0 Å². The maximum absolute atomic E-state index is 12.6. The molecular weight excluding hydrogens is 358 g/mol. The highest BCUT2D eigenvalue weighted by Gasteiger charge is 2.18. The Morgan fingerprint density at radius 1 is 0.769 bits per heavy atom. The molecule has 0 radical (unpaired) electrons. The Labute approximate surface area is 146 Å². The lowest BCUT2D eigenvalue weighted by molar-refractivity contribution is 0.560. The van der Waals surface area contributed by atoms with Crippen LogP contribution in [0.2, 0.25) is 0 Å². The largest absolute Gasteiger partial charge is 0.423 e. The smallest absolute Gasteiger partial charge is 0.360 e. The molecular formula is C18H11NO6S. The van der Waals surface area contributed by atoms with Crippen molar-refractivity contribution in [3.63, 3.8) is 0 Å². The van der Waals surface area contributed by atoms with E-state index < -0.39 is 21.3 Å². The van der Waals surface area contributed by atoms with Crippen LogP contribution in [0.4, 0.5) is 5.69 Å². The van der Waals surface area contributed by atoms with Crippen molar-refractivity contribution in [1.82, 2.24) is 0 Å². The number of rotatable bonds is 3. The van der Waals surface area contributed by atoms with Crippen LogP contribution in [0.15, 0.2) is 84.0 Å². The normalized spacial score (nSPS) is 11.7. The first-order valence-electron chi connectivity index (χ1n) is 7.52. The maximum Gasteiger partial charge on any atom is 0.360 e. The van der Waals surface area contributed by atoms with E-state index in [2.05, 4.69) is 4.72 Å². The number of nitrogens with one attached hydrogen (secondary N) is 1. The fourth-order valence-electron chi connectivity index (χ4n) is 2.55. The molecule has 0 saturated heterocycles. The Morgan fingerprint density at radius 3 is 2.35 bits per heavy atom. The molecule has 7 nitrogen and oxygen atoms in total. The zero-order valence-electron chi connectivity index (χ0n) is 13.1. The predicted octanol–water partition coefficient (Wildman–Crippen LogP) is 2.70. The minimum atomic E-state index is -4.04. The number of hydrogen-bond donors (Lipinski definition) is 1. The van der Waals surface area contributed by atoms with E-state index in [9.17, 15) is 18.0 Å². The summed E-state index contributed by atoms with van der Waals surface area (Å²) < 4.78 is 37.6. The lowest BCUT2D eigenvalue weighted by Crippen LogP contribution is -2.18. The molecule has 0 bridgehead atoms. The van der Waals surface area contributed by atoms with Gasteiger partial charge >= 0.3 is 11.3 Å². The number of fused-ring (bicyclic) bond motifs is 2. The quantitative estimate of drug-likeness (QED) is 0.557. The Kier molecular flexibility index (Phi) is 3.62. The van der Waals surface area contributed by atoms with Crippen LogP contribution < -0.4 is 16.0 Å². The van der Waals surface area contributed by atoms with Crippen molar-refractivity contribution in [2.45, 2.75) is 4.90 Å². The van der Waals surface area contributed by atoms with Crippen molar-refractivity contribution in [3.05, 3.63) is 81.5 Å². The summed E-state index contributed by atoms with van der Waals surface area (Å²) in [6.07, 6.45) is 0. The number of para-hydroxylation sites is 1. The molecule has 0 atom stereocenters. The van der Waals surface area contributed by atoms with Gasteiger partial charge in [0.25, 0.3) is 10.0 Å². The van der Waals surface area contributed by atoms with Gasteiger partial charge in [-0.05, 0) is 36.4 Å². The molecule has 0 aliphatic heterocycles. The van der Waals surface area contributed by atoms with Gasteiger partial charge in [-0.1, -0.05) is 18.2 Å². The average Bonchev–Trinajstić information content (AvgIpc) is 2.61. The van der Waals surface area contributed by atoms with Crippen LogP contribution in [0.25, 0.3) is 21.9 Å². The second kappa shape index (κ2) is 5.85. The summed E-state index contributed by atoms with van der Waals surface area (Å²) in [5, 5.41) is 1.03. The molecule has 0 saturated carbocycles. The Bertz CT molecular complexity index is 1370. The fourth-order valence-corrected chi connectivity index (χ4v) is 3.63. The van der Waals surface area contributed by atoms with Gasteiger partial charge in [-0.15, -0.1) is 0 Å². The zero-order chi connectivity index (χ0) is 18.3. The minimum absolute atomic E-state index is 0.0774. The summed E-state index contributed by atoms with van der Waals surface area (Å²) >= 11 is 0. The highest BCUT2D eigenvalue weighted by Crippen LogP contribution is 2.21. The third-order valence-electron chi connectivity index (χ3n) is 3.79. The van der Waals surface area contributed by atoms with Crippen molar-refractivity contribution >= 4 is 37.6 Å². The van der Waals surface area contributed by atoms with Crippen LogP contribution in [0.3, 0.4) is 0 Å². The molecule has 0 spiro atoms. The number of benzene rings is 2. The van der Waals surface area contributed by atoms with Crippen LogP contribution in [0.5, 0.6) is 0 Å². The Morgan fingerprint density at radius 2 is 1.50 bits per heavy atom. The molecule has 0 aliphatic rings. The monoisotopic (exact) mass is 369 g/mol. The molecule has 2 aromatic heterocycles. The minimum Gasteiger partial charge on any atom is -0.423 e. The van der Waals surface area contributed by atoms with Gasteiger partial charge in [-0.3, -0.25) is 4.72 Å². The van der Waals surface area contributed by atoms with Gasteiger partial charge in [-0.25, -0.2) is 18.0 Å². The first kappa shape index (κ1) is 16.1. The van der Waals surface area contributed by atoms with Gasteiger partial charge < -0.3 is 8.83 Å². The van der Waals surface area contributed by atoms with E-state index in [1.54, 1.807) is 24.3 Å². The van der Waals surface area contributed by atoms with Crippen LogP contribution >= 0.6 is 0 Å². The van der Waals surface area contributed by atoms with Crippen LogP contribution in [-0.2, 0) is 10.0 Å². The number of hydrogen-bond acceptors (Lipinski definition) is 6. The van der Waals surface area contributed by atoms with E-state index in [4.69, 9.17) is 8.83 Å². The van der Waals surface area contributed by atoms with Gasteiger partial charge in [0, 0.05) is 16.8 Å². The van der Waals surface area contributed by atoms with Crippen LogP contribution in [0.1, 0.15) is 0 Å². The molecule has 0 unspecified atom stereocenters. The van der Waals surface area contributed by atoms with Gasteiger partial charge in [-0.2, -0.15) is 0 Å². The SMILES string of the molecule is O=c1ccc2cc(S(=O)(=O)Nc3cc4ccccc4oc3=O)ccc2o1. The highest BCUT2D eigenvalue weighted by atomic mass is 32.2. The second-order valence-corrected chi connectivity index (χ2v) is 7.23. The maximum atomic E-state index is 12.6. The third kappa shape index (κ3) is 2.86. The highest BCUT2D eigenvalue weighted by molar-refractivity contribution is 7.92. The fraction of sp³-hybridized carbons (Fsp3) is 0. The molecule has 0 fully saturated rings. The summed E-state index contributed by atoms with van der Waals surface area (Å²) in [6, 6.07) is 14.9. The summed E-state index contributed by atoms with van der Waals surface area (Å²) in [5.74, 6) is 0. The second-order valence-electron chi connectivity index (χ2n) is 5.54. The molecule has 4 rings (SSSR count). The summed E-state index contributed by atoms with van der Waals surface area (Å²) in [4.78, 5) is 23.2. The summed E-state index contributed by atoms with van der Waals surface area (Å²) in [6.45, 7) is 0. The molecule has 2 heterocycles. The molecule has 130 valence electrons. The van der Waals surface area contributed by atoms with E-state index in [-0.39, 0.29) is 16.2 Å². The van der Waals surface area contributed by atoms with E-state index in [0.717, 1.165) is 0 Å². The molecule has 2 aromatic carbocycles. The lowest BCUT2D eigenvalue weighted by Gasteiger charge is -2.08. The predicted molar refractivity (Wildman–Crippen MR) is 95.8 cm³/mol. The van der Waals surface area contributed by atoms with Crippen molar-refractivity contribution in [2.24, 2.45) is 0 Å². The van der Waals surface area contributed by atoms with Crippen molar-refractivity contribution < 1.29 is 17.3 Å². The average molecular weight is 369 g/mol. The van der Waals surface area contributed by atoms with Gasteiger partial charge in [0.2, 0.25) is 0 Å². The number of anilines is 1. The third-order valence-corrected chi connectivity index (χ3v) is 5.15. The van der Waals surface area contributed by atoms with Crippen LogP contribution in [0, 0.1) is 0 Å². The molecule has 8 heteroatoms.